The molecule has 3 aromatic rings. The average Bonchev–Trinajstić information content (AvgIpc) is 3.11. The summed E-state index contributed by atoms with van der Waals surface area (Å²) in [4.78, 5) is 41.4. The topological polar surface area (TPSA) is 91.5 Å². The molecular weight excluding hydrogens is 346 g/mol. The summed E-state index contributed by atoms with van der Waals surface area (Å²) in [5, 5.41) is 3.60. The van der Waals surface area contributed by atoms with Crippen molar-refractivity contribution in [2.24, 2.45) is 0 Å². The number of carbonyl (C=O) groups excluding carboxylic acids is 3. The van der Waals surface area contributed by atoms with Crippen LogP contribution in [0, 0.1) is 0 Å². The summed E-state index contributed by atoms with van der Waals surface area (Å²) in [6, 6.07) is 16.1. The smallest absolute Gasteiger partial charge is 0.355 e. The SMILES string of the molecule is C[C@@H](OC(=O)c1cc2ccccc2[nH]1)C(=O)N1CC(=O)Nc2ccccc21. The van der Waals surface area contributed by atoms with E-state index < -0.39 is 18.0 Å². The van der Waals surface area contributed by atoms with Gasteiger partial charge in [-0.15, -0.1) is 0 Å². The first-order valence-corrected chi connectivity index (χ1v) is 8.52. The molecule has 2 aromatic carbocycles. The fourth-order valence-corrected chi connectivity index (χ4v) is 3.11. The van der Waals surface area contributed by atoms with Gasteiger partial charge in [-0.2, -0.15) is 0 Å². The molecule has 4 rings (SSSR count). The Morgan fingerprint density at radius 3 is 2.67 bits per heavy atom. The first kappa shape index (κ1) is 16.8. The number of nitrogens with one attached hydrogen (secondary N) is 2. The fourth-order valence-electron chi connectivity index (χ4n) is 3.11. The van der Waals surface area contributed by atoms with Gasteiger partial charge in [-0.25, -0.2) is 4.79 Å². The monoisotopic (exact) mass is 363 g/mol. The van der Waals surface area contributed by atoms with Gasteiger partial charge in [-0.05, 0) is 31.2 Å². The van der Waals surface area contributed by atoms with Crippen LogP contribution in [0.15, 0.2) is 54.6 Å². The number of aromatic nitrogens is 1. The van der Waals surface area contributed by atoms with Crippen molar-refractivity contribution in [1.29, 1.82) is 0 Å². The van der Waals surface area contributed by atoms with Gasteiger partial charge >= 0.3 is 5.97 Å². The van der Waals surface area contributed by atoms with Crippen molar-refractivity contribution < 1.29 is 19.1 Å². The average molecular weight is 363 g/mol. The molecule has 136 valence electrons. The summed E-state index contributed by atoms with van der Waals surface area (Å²) >= 11 is 0. The molecule has 1 aromatic heterocycles. The zero-order chi connectivity index (χ0) is 19.0. The Morgan fingerprint density at radius 1 is 1.11 bits per heavy atom. The van der Waals surface area contributed by atoms with Gasteiger partial charge in [0.25, 0.3) is 5.91 Å². The molecule has 7 nitrogen and oxygen atoms in total. The van der Waals surface area contributed by atoms with Crippen LogP contribution >= 0.6 is 0 Å². The molecule has 2 N–H and O–H groups in total. The summed E-state index contributed by atoms with van der Waals surface area (Å²) in [7, 11) is 0. The molecule has 0 saturated heterocycles. The number of H-pyrrole nitrogens is 1. The number of benzene rings is 2. The fraction of sp³-hybridized carbons (Fsp3) is 0.150. The van der Waals surface area contributed by atoms with E-state index in [1.165, 1.54) is 11.8 Å². The molecule has 0 radical (unpaired) electrons. The maximum atomic E-state index is 12.8. The van der Waals surface area contributed by atoms with Crippen LogP contribution in [0.1, 0.15) is 17.4 Å². The summed E-state index contributed by atoms with van der Waals surface area (Å²) in [5.41, 5.74) is 2.21. The Kier molecular flexibility index (Phi) is 4.12. The number of hydrogen-bond donors (Lipinski definition) is 2. The van der Waals surface area contributed by atoms with Gasteiger partial charge in [0.15, 0.2) is 6.10 Å². The van der Waals surface area contributed by atoms with Crippen LogP contribution < -0.4 is 10.2 Å². The van der Waals surface area contributed by atoms with Crippen molar-refractivity contribution >= 4 is 40.1 Å². The van der Waals surface area contributed by atoms with E-state index in [2.05, 4.69) is 10.3 Å². The lowest BCUT2D eigenvalue weighted by Crippen LogP contribution is -2.47. The van der Waals surface area contributed by atoms with Crippen LogP contribution in [0.3, 0.4) is 0 Å². The van der Waals surface area contributed by atoms with E-state index in [-0.39, 0.29) is 18.1 Å². The minimum atomic E-state index is -1.04. The van der Waals surface area contributed by atoms with Gasteiger partial charge in [-0.3, -0.25) is 14.5 Å². The van der Waals surface area contributed by atoms with Crippen molar-refractivity contribution in [3.05, 3.63) is 60.3 Å². The van der Waals surface area contributed by atoms with Crippen LogP contribution in [0.25, 0.3) is 10.9 Å². The van der Waals surface area contributed by atoms with Crippen LogP contribution in [0.5, 0.6) is 0 Å². The van der Waals surface area contributed by atoms with E-state index >= 15 is 0 Å². The van der Waals surface area contributed by atoms with Crippen molar-refractivity contribution in [3.8, 4) is 0 Å². The minimum Gasteiger partial charge on any atom is -0.448 e. The molecule has 1 atom stereocenters. The molecule has 0 spiro atoms. The van der Waals surface area contributed by atoms with Crippen molar-refractivity contribution in [2.75, 3.05) is 16.8 Å². The highest BCUT2D eigenvalue weighted by Gasteiger charge is 2.31. The molecule has 2 amide bonds. The Balaban J connectivity index is 1.52. The van der Waals surface area contributed by atoms with E-state index in [1.807, 2.05) is 24.3 Å². The van der Waals surface area contributed by atoms with Crippen LogP contribution in [0.2, 0.25) is 0 Å². The Hall–Kier alpha value is -3.61. The second-order valence-electron chi connectivity index (χ2n) is 6.31. The molecule has 0 saturated carbocycles. The number of fused-ring (bicyclic) bond motifs is 2. The number of nitrogens with zero attached hydrogens (tertiary/aromatic N) is 1. The maximum Gasteiger partial charge on any atom is 0.355 e. The van der Waals surface area contributed by atoms with E-state index in [9.17, 15) is 14.4 Å². The quantitative estimate of drug-likeness (QED) is 0.700. The highest BCUT2D eigenvalue weighted by molar-refractivity contribution is 6.11. The number of rotatable bonds is 3. The van der Waals surface area contributed by atoms with Crippen LogP contribution in [-0.2, 0) is 14.3 Å². The van der Waals surface area contributed by atoms with Crippen LogP contribution in [0.4, 0.5) is 11.4 Å². The number of amides is 2. The van der Waals surface area contributed by atoms with Crippen molar-refractivity contribution in [1.82, 2.24) is 4.98 Å². The Bertz CT molecular complexity index is 1020. The lowest BCUT2D eigenvalue weighted by atomic mass is 10.1. The summed E-state index contributed by atoms with van der Waals surface area (Å²) < 4.78 is 5.34. The van der Waals surface area contributed by atoms with Gasteiger partial charge in [-0.1, -0.05) is 30.3 Å². The third-order valence-corrected chi connectivity index (χ3v) is 4.42. The van der Waals surface area contributed by atoms with Gasteiger partial charge in [0, 0.05) is 10.9 Å². The van der Waals surface area contributed by atoms with Gasteiger partial charge in [0.05, 0.1) is 11.4 Å². The molecule has 1 aliphatic rings. The van der Waals surface area contributed by atoms with Gasteiger partial charge in [0.1, 0.15) is 12.2 Å². The third kappa shape index (κ3) is 3.15. The van der Waals surface area contributed by atoms with E-state index in [0.717, 1.165) is 10.9 Å². The second kappa shape index (κ2) is 6.60. The number of esters is 1. The highest BCUT2D eigenvalue weighted by Crippen LogP contribution is 2.29. The van der Waals surface area contributed by atoms with Gasteiger partial charge < -0.3 is 15.0 Å². The molecular formula is C20H17N3O4. The summed E-state index contributed by atoms with van der Waals surface area (Å²) in [6.45, 7) is 1.38. The molecule has 0 unspecified atom stereocenters. The Morgan fingerprint density at radius 2 is 1.85 bits per heavy atom. The molecule has 0 bridgehead atoms. The van der Waals surface area contributed by atoms with Crippen LogP contribution in [-0.4, -0.2) is 35.4 Å². The standard InChI is InChI=1S/C20H17N3O4/c1-12(27-20(26)16-10-13-6-2-3-7-14(13)21-16)19(25)23-11-18(24)22-15-8-4-5-9-17(15)23/h2-10,12,21H,11H2,1H3,(H,22,24)/t12-/m1/s1. The summed E-state index contributed by atoms with van der Waals surface area (Å²) in [5.74, 6) is -1.38. The lowest BCUT2D eigenvalue weighted by molar-refractivity contribution is -0.128. The first-order valence-electron chi connectivity index (χ1n) is 8.52. The lowest BCUT2D eigenvalue weighted by Gasteiger charge is -2.30. The highest BCUT2D eigenvalue weighted by atomic mass is 16.5. The van der Waals surface area contributed by atoms with Crippen molar-refractivity contribution in [3.63, 3.8) is 0 Å². The zero-order valence-corrected chi connectivity index (χ0v) is 14.6. The zero-order valence-electron chi connectivity index (χ0n) is 14.6. The number of carbonyl (C=O) groups is 3. The molecule has 1 aliphatic heterocycles. The summed E-state index contributed by atoms with van der Waals surface area (Å²) in [6.07, 6.45) is -1.04. The predicted octanol–water partition coefficient (Wildman–Crippen LogP) is 2.70. The number of aromatic amines is 1. The van der Waals surface area contributed by atoms with E-state index in [0.29, 0.717) is 11.4 Å². The number of anilines is 2. The Labute approximate surface area is 154 Å². The largest absolute Gasteiger partial charge is 0.448 e. The molecule has 7 heteroatoms. The number of para-hydroxylation sites is 3. The number of ether oxygens (including phenoxy) is 1. The predicted molar refractivity (Wildman–Crippen MR) is 101 cm³/mol. The van der Waals surface area contributed by atoms with Gasteiger partial charge in [0.2, 0.25) is 5.91 Å². The second-order valence-corrected chi connectivity index (χ2v) is 6.31. The van der Waals surface area contributed by atoms with Crippen molar-refractivity contribution in [2.45, 2.75) is 13.0 Å². The molecule has 0 aliphatic carbocycles. The molecule has 0 fully saturated rings. The first-order chi connectivity index (χ1) is 13.0. The normalized spacial score (nSPS) is 14.4. The van der Waals surface area contributed by atoms with E-state index in [1.54, 1.807) is 30.3 Å². The molecule has 27 heavy (non-hydrogen) atoms. The number of hydrogen-bond acceptors (Lipinski definition) is 4. The third-order valence-electron chi connectivity index (χ3n) is 4.42. The minimum absolute atomic E-state index is 0.121. The maximum absolute atomic E-state index is 12.8. The molecule has 2 heterocycles. The van der Waals surface area contributed by atoms with E-state index in [4.69, 9.17) is 4.74 Å².